The summed E-state index contributed by atoms with van der Waals surface area (Å²) in [6.07, 6.45) is 1.03. The van der Waals surface area contributed by atoms with Gasteiger partial charge in [0.15, 0.2) is 0 Å². The lowest BCUT2D eigenvalue weighted by Gasteiger charge is -2.42. The minimum atomic E-state index is -0.366. The summed E-state index contributed by atoms with van der Waals surface area (Å²) in [7, 11) is 0. The van der Waals surface area contributed by atoms with Crippen LogP contribution >= 0.6 is 0 Å². The monoisotopic (exact) mass is 472 g/mol. The molecule has 2 unspecified atom stereocenters. The number of carbonyl (C=O) groups is 1. The molecule has 0 radical (unpaired) electrons. The first-order chi connectivity index (χ1) is 17.0. The minimum absolute atomic E-state index is 0.0284. The smallest absolute Gasteiger partial charge is 0.244 e. The van der Waals surface area contributed by atoms with Crippen LogP contribution < -0.4 is 10.6 Å². The number of benzene rings is 2. The molecule has 184 valence electrons. The number of carbonyl (C=O) groups excluding carboxylic acids is 1. The van der Waals surface area contributed by atoms with E-state index < -0.39 is 0 Å². The van der Waals surface area contributed by atoms with E-state index >= 15 is 0 Å². The summed E-state index contributed by atoms with van der Waals surface area (Å²) >= 11 is 0. The molecular weight excluding hydrogens is 436 g/mol. The number of aromatic nitrogens is 2. The number of nitrogens with zero attached hydrogens (tertiary/aromatic N) is 4. The summed E-state index contributed by atoms with van der Waals surface area (Å²) in [4.78, 5) is 28.0. The van der Waals surface area contributed by atoms with Crippen molar-refractivity contribution >= 4 is 22.6 Å². The summed E-state index contributed by atoms with van der Waals surface area (Å²) in [5.74, 6) is 2.19. The predicted molar refractivity (Wildman–Crippen MR) is 140 cm³/mol. The molecule has 0 saturated carbocycles. The Morgan fingerprint density at radius 3 is 2.54 bits per heavy atom. The van der Waals surface area contributed by atoms with E-state index in [4.69, 9.17) is 9.97 Å². The number of para-hydroxylation sites is 1. The highest BCUT2D eigenvalue weighted by Gasteiger charge is 2.33. The third kappa shape index (κ3) is 5.31. The van der Waals surface area contributed by atoms with Gasteiger partial charge in [-0.05, 0) is 42.5 Å². The van der Waals surface area contributed by atoms with Crippen LogP contribution in [0.3, 0.4) is 0 Å². The van der Waals surface area contributed by atoms with E-state index in [2.05, 4.69) is 71.5 Å². The molecule has 2 N–H and O–H groups in total. The van der Waals surface area contributed by atoms with Gasteiger partial charge in [-0.15, -0.1) is 0 Å². The summed E-state index contributed by atoms with van der Waals surface area (Å²) in [6, 6.07) is 18.4. The van der Waals surface area contributed by atoms with Gasteiger partial charge in [-0.25, -0.2) is 9.97 Å². The van der Waals surface area contributed by atoms with Crippen LogP contribution in [0.15, 0.2) is 54.6 Å². The average Bonchev–Trinajstić information content (AvgIpc) is 2.87. The van der Waals surface area contributed by atoms with Crippen LogP contribution in [-0.4, -0.2) is 64.1 Å². The van der Waals surface area contributed by atoms with Crippen LogP contribution in [0.1, 0.15) is 44.5 Å². The zero-order valence-corrected chi connectivity index (χ0v) is 20.9. The summed E-state index contributed by atoms with van der Waals surface area (Å²) in [5.41, 5.74) is 2.29. The third-order valence-corrected chi connectivity index (χ3v) is 7.37. The number of amides is 1. The quantitative estimate of drug-likeness (QED) is 0.588. The maximum Gasteiger partial charge on any atom is 0.244 e. The highest BCUT2D eigenvalue weighted by molar-refractivity contribution is 5.92. The van der Waals surface area contributed by atoms with Gasteiger partial charge in [0.05, 0.1) is 18.2 Å². The molecule has 5 rings (SSSR count). The number of piperazine rings is 1. The average molecular weight is 473 g/mol. The SMILES string of the molecule is CC(CCN1CCN2Cc3nc(c4ccccc4n3)N[C@@H](C(C)C)C(=O)NC2C1)c1ccccc1. The van der Waals surface area contributed by atoms with Gasteiger partial charge in [0.25, 0.3) is 0 Å². The Bertz CT molecular complexity index is 1170. The molecule has 7 heteroatoms. The molecule has 35 heavy (non-hydrogen) atoms. The molecule has 1 saturated heterocycles. The molecule has 3 atom stereocenters. The van der Waals surface area contributed by atoms with Crippen molar-refractivity contribution in [3.05, 3.63) is 66.0 Å². The molecule has 3 heterocycles. The lowest BCUT2D eigenvalue weighted by molar-refractivity contribution is -0.125. The van der Waals surface area contributed by atoms with Crippen molar-refractivity contribution in [2.24, 2.45) is 5.92 Å². The van der Waals surface area contributed by atoms with Crippen LogP contribution in [0, 0.1) is 5.92 Å². The minimum Gasteiger partial charge on any atom is -0.358 e. The van der Waals surface area contributed by atoms with Gasteiger partial charge in [0, 0.05) is 25.0 Å². The summed E-state index contributed by atoms with van der Waals surface area (Å²) < 4.78 is 0. The molecule has 0 aliphatic carbocycles. The predicted octanol–water partition coefficient (Wildman–Crippen LogP) is 3.83. The Morgan fingerprint density at radius 2 is 1.74 bits per heavy atom. The van der Waals surface area contributed by atoms with Gasteiger partial charge >= 0.3 is 0 Å². The second-order valence-corrected chi connectivity index (χ2v) is 10.3. The Balaban J connectivity index is 1.36. The first-order valence-corrected chi connectivity index (χ1v) is 12.8. The molecule has 0 spiro atoms. The van der Waals surface area contributed by atoms with Crippen LogP contribution in [-0.2, 0) is 11.3 Å². The van der Waals surface area contributed by atoms with E-state index in [-0.39, 0.29) is 24.0 Å². The van der Waals surface area contributed by atoms with Crippen molar-refractivity contribution in [2.45, 2.75) is 51.9 Å². The summed E-state index contributed by atoms with van der Waals surface area (Å²) in [6.45, 7) is 10.7. The fraction of sp³-hybridized carbons (Fsp3) is 0.464. The molecule has 3 aromatic rings. The van der Waals surface area contributed by atoms with Crippen molar-refractivity contribution in [1.29, 1.82) is 0 Å². The maximum absolute atomic E-state index is 13.5. The first-order valence-electron chi connectivity index (χ1n) is 12.8. The van der Waals surface area contributed by atoms with E-state index in [0.717, 1.165) is 55.1 Å². The number of nitrogens with one attached hydrogen (secondary N) is 2. The van der Waals surface area contributed by atoms with Crippen molar-refractivity contribution in [3.63, 3.8) is 0 Å². The second kappa shape index (κ2) is 10.3. The highest BCUT2D eigenvalue weighted by atomic mass is 16.2. The first kappa shape index (κ1) is 23.7. The molecule has 2 aromatic carbocycles. The van der Waals surface area contributed by atoms with Gasteiger partial charge in [-0.2, -0.15) is 0 Å². The molecule has 2 aliphatic rings. The number of hydrogen-bond donors (Lipinski definition) is 2. The van der Waals surface area contributed by atoms with E-state index in [9.17, 15) is 4.79 Å². The van der Waals surface area contributed by atoms with E-state index in [0.29, 0.717) is 12.5 Å². The van der Waals surface area contributed by atoms with Crippen LogP contribution in [0.25, 0.3) is 10.9 Å². The fourth-order valence-electron chi connectivity index (χ4n) is 5.15. The lowest BCUT2D eigenvalue weighted by Crippen LogP contribution is -2.62. The summed E-state index contributed by atoms with van der Waals surface area (Å²) in [5, 5.41) is 7.75. The van der Waals surface area contributed by atoms with E-state index in [1.165, 1.54) is 5.56 Å². The van der Waals surface area contributed by atoms with E-state index in [1.54, 1.807) is 0 Å². The standard InChI is InChI=1S/C28H36N6O/c1-19(2)26-28(35)31-25-18-33(14-13-20(3)21-9-5-4-6-10-21)15-16-34(25)17-24-29-23-12-8-7-11-22(23)27(30-24)32-26/h4-12,19-20,25-26H,13-18H2,1-3H3,(H,31,35)(H,29,30,32)/t20?,25?,26-/m0/s1. The Hall–Kier alpha value is -3.03. The zero-order chi connectivity index (χ0) is 24.4. The number of hydrogen-bond acceptors (Lipinski definition) is 6. The van der Waals surface area contributed by atoms with Gasteiger partial charge in [0.1, 0.15) is 17.7 Å². The Labute approximate surface area is 207 Å². The van der Waals surface area contributed by atoms with Gasteiger partial charge in [-0.3, -0.25) is 14.6 Å². The molecule has 7 nitrogen and oxygen atoms in total. The lowest BCUT2D eigenvalue weighted by atomic mass is 9.97. The number of fused-ring (bicyclic) bond motifs is 5. The van der Waals surface area contributed by atoms with Crippen LogP contribution in [0.2, 0.25) is 0 Å². The fourth-order valence-corrected chi connectivity index (χ4v) is 5.15. The highest BCUT2D eigenvalue weighted by Crippen LogP contribution is 2.25. The van der Waals surface area contributed by atoms with Crippen molar-refractivity contribution < 1.29 is 4.79 Å². The number of rotatable bonds is 5. The van der Waals surface area contributed by atoms with E-state index in [1.807, 2.05) is 24.3 Å². The van der Waals surface area contributed by atoms with Gasteiger partial charge in [-0.1, -0.05) is 63.2 Å². The largest absolute Gasteiger partial charge is 0.358 e. The van der Waals surface area contributed by atoms with Crippen molar-refractivity contribution in [3.8, 4) is 0 Å². The topological polar surface area (TPSA) is 73.4 Å². The Morgan fingerprint density at radius 1 is 0.971 bits per heavy atom. The molecular formula is C28H36N6O. The Kier molecular flexibility index (Phi) is 6.97. The normalized spacial score (nSPS) is 22.3. The van der Waals surface area contributed by atoms with Gasteiger partial charge < -0.3 is 10.6 Å². The van der Waals surface area contributed by atoms with Crippen molar-refractivity contribution in [1.82, 2.24) is 25.1 Å². The molecule has 1 fully saturated rings. The van der Waals surface area contributed by atoms with Crippen molar-refractivity contribution in [2.75, 3.05) is 31.5 Å². The zero-order valence-electron chi connectivity index (χ0n) is 20.9. The molecule has 2 bridgehead atoms. The second-order valence-electron chi connectivity index (χ2n) is 10.3. The van der Waals surface area contributed by atoms with Gasteiger partial charge in [0.2, 0.25) is 5.91 Å². The molecule has 1 aromatic heterocycles. The number of anilines is 1. The maximum atomic E-state index is 13.5. The third-order valence-electron chi connectivity index (χ3n) is 7.37. The van der Waals surface area contributed by atoms with Crippen LogP contribution in [0.4, 0.5) is 5.82 Å². The van der Waals surface area contributed by atoms with Crippen LogP contribution in [0.5, 0.6) is 0 Å². The molecule has 1 amide bonds. The molecule has 2 aliphatic heterocycles.